The molecule has 1 heterocycles. The molecule has 0 aliphatic carbocycles. The minimum atomic E-state index is -0.768. The van der Waals surface area contributed by atoms with Crippen LogP contribution < -0.4 is 0 Å². The zero-order valence-corrected chi connectivity index (χ0v) is 39.4. The van der Waals surface area contributed by atoms with Gasteiger partial charge in [0.05, 0.1) is 19.2 Å². The van der Waals surface area contributed by atoms with Gasteiger partial charge in [-0.1, -0.05) is 206 Å². The van der Waals surface area contributed by atoms with Gasteiger partial charge in [-0.15, -0.1) is 0 Å². The van der Waals surface area contributed by atoms with Gasteiger partial charge in [0.25, 0.3) is 0 Å². The third kappa shape index (κ3) is 40.2. The van der Waals surface area contributed by atoms with E-state index in [0.29, 0.717) is 19.6 Å². The van der Waals surface area contributed by atoms with Crippen LogP contribution in [0.25, 0.3) is 0 Å². The molecule has 0 amide bonds. The van der Waals surface area contributed by atoms with E-state index in [1.165, 1.54) is 186 Å². The molecule has 0 saturated carbocycles. The van der Waals surface area contributed by atoms with Crippen molar-refractivity contribution in [2.24, 2.45) is 0 Å². The van der Waals surface area contributed by atoms with Crippen molar-refractivity contribution in [1.29, 1.82) is 0 Å². The summed E-state index contributed by atoms with van der Waals surface area (Å²) in [4.78, 5) is 27.6. The van der Waals surface area contributed by atoms with Crippen molar-refractivity contribution in [1.82, 2.24) is 9.80 Å². The molecule has 3 unspecified atom stereocenters. The first-order valence-electron chi connectivity index (χ1n) is 24.8. The highest BCUT2D eigenvalue weighted by Crippen LogP contribution is 2.26. The first-order chi connectivity index (χ1) is 28.2. The van der Waals surface area contributed by atoms with Crippen LogP contribution in [0, 0.1) is 0 Å². The average molecular weight is 827 g/mol. The van der Waals surface area contributed by atoms with Crippen molar-refractivity contribution in [3.8, 4) is 0 Å². The SMILES string of the molecule is CCCCCCCCCCCCCCCCCCO.CCCCCCCCCCCCCCCCCCOC1CC(COC(=O)CN(C)C)OC1OC(=O)CN(C)C. The fourth-order valence-electron chi connectivity index (χ4n) is 7.52. The molecule has 0 bridgehead atoms. The Balaban J connectivity index is 0.00000143. The molecule has 346 valence electrons. The van der Waals surface area contributed by atoms with Crippen LogP contribution in [0.1, 0.15) is 226 Å². The number of likely N-dealkylation sites (N-methyl/N-ethyl adjacent to an activating group) is 2. The van der Waals surface area contributed by atoms with Crippen LogP contribution >= 0.6 is 0 Å². The van der Waals surface area contributed by atoms with Gasteiger partial charge in [0.15, 0.2) is 0 Å². The maximum absolute atomic E-state index is 12.2. The highest BCUT2D eigenvalue weighted by molar-refractivity contribution is 5.72. The molecule has 1 aliphatic rings. The van der Waals surface area contributed by atoms with Gasteiger partial charge in [-0.25, -0.2) is 0 Å². The van der Waals surface area contributed by atoms with Crippen molar-refractivity contribution in [2.75, 3.05) is 61.1 Å². The molecule has 9 heteroatoms. The highest BCUT2D eigenvalue weighted by atomic mass is 16.7. The van der Waals surface area contributed by atoms with Crippen LogP contribution in [0.4, 0.5) is 0 Å². The van der Waals surface area contributed by atoms with Crippen LogP contribution in [-0.4, -0.2) is 106 Å². The molecule has 0 aromatic heterocycles. The van der Waals surface area contributed by atoms with Gasteiger partial charge in [-0.3, -0.25) is 19.4 Å². The van der Waals surface area contributed by atoms with Gasteiger partial charge in [0.1, 0.15) is 12.7 Å². The molecule has 0 aromatic rings. The van der Waals surface area contributed by atoms with E-state index >= 15 is 0 Å². The monoisotopic (exact) mass is 827 g/mol. The molecule has 58 heavy (non-hydrogen) atoms. The van der Waals surface area contributed by atoms with Crippen LogP contribution in [0.15, 0.2) is 0 Å². The van der Waals surface area contributed by atoms with Gasteiger partial charge < -0.3 is 24.1 Å². The summed E-state index contributed by atoms with van der Waals surface area (Å²) in [6.45, 7) is 6.07. The molecule has 9 nitrogen and oxygen atoms in total. The lowest BCUT2D eigenvalue weighted by atomic mass is 10.0. The summed E-state index contributed by atoms with van der Waals surface area (Å²) in [7, 11) is 7.26. The van der Waals surface area contributed by atoms with Crippen LogP contribution in [0.2, 0.25) is 0 Å². The number of aliphatic hydroxyl groups is 1. The van der Waals surface area contributed by atoms with Gasteiger partial charge >= 0.3 is 11.9 Å². The third-order valence-corrected chi connectivity index (χ3v) is 11.0. The Morgan fingerprint density at radius 3 is 1.22 bits per heavy atom. The molecule has 0 radical (unpaired) electrons. The smallest absolute Gasteiger partial charge is 0.322 e. The van der Waals surface area contributed by atoms with Gasteiger partial charge in [0, 0.05) is 19.6 Å². The Morgan fingerprint density at radius 1 is 0.517 bits per heavy atom. The number of rotatable bonds is 41. The van der Waals surface area contributed by atoms with E-state index < -0.39 is 6.29 Å². The minimum absolute atomic E-state index is 0.132. The standard InChI is InChI=1S/C31H60N2O6.C18H38O/c1-6-7-8-9-10-11-12-13-14-15-16-17-18-19-20-21-22-36-28-23-27(26-37-29(34)24-32(2)3)38-31(28)39-30(35)25-33(4)5;1-2-3-4-5-6-7-8-9-10-11-12-13-14-15-16-17-18-19/h27-28,31H,6-26H2,1-5H3;19H,2-18H2,1H3. The predicted molar refractivity (Wildman–Crippen MR) is 243 cm³/mol. The number of aliphatic hydroxyl groups excluding tert-OH is 1. The normalized spacial score (nSPS) is 16.5. The Hall–Kier alpha value is -1.26. The summed E-state index contributed by atoms with van der Waals surface area (Å²) in [6.07, 6.45) is 42.6. The fraction of sp³-hybridized carbons (Fsp3) is 0.959. The molecular formula is C49H98N2O7. The lowest BCUT2D eigenvalue weighted by molar-refractivity contribution is -0.196. The zero-order chi connectivity index (χ0) is 42.7. The second-order valence-electron chi connectivity index (χ2n) is 17.8. The average Bonchev–Trinajstić information content (AvgIpc) is 3.57. The Morgan fingerprint density at radius 2 is 0.862 bits per heavy atom. The zero-order valence-electron chi connectivity index (χ0n) is 39.4. The van der Waals surface area contributed by atoms with Gasteiger partial charge in [-0.2, -0.15) is 0 Å². The number of carbonyl (C=O) groups excluding carboxylic acids is 2. The Bertz CT molecular complexity index is 858. The Kier molecular flexibility index (Phi) is 42.9. The van der Waals surface area contributed by atoms with Crippen molar-refractivity contribution < 1.29 is 33.6 Å². The number of esters is 2. The van der Waals surface area contributed by atoms with Crippen LogP contribution in [-0.2, 0) is 28.5 Å². The lowest BCUT2D eigenvalue weighted by Crippen LogP contribution is -2.34. The number of hydrogen-bond acceptors (Lipinski definition) is 9. The fourth-order valence-corrected chi connectivity index (χ4v) is 7.52. The first-order valence-corrected chi connectivity index (χ1v) is 24.8. The van der Waals surface area contributed by atoms with E-state index in [1.807, 2.05) is 28.2 Å². The second kappa shape index (κ2) is 43.8. The number of hydrogen-bond donors (Lipinski definition) is 1. The lowest BCUT2D eigenvalue weighted by Gasteiger charge is -2.20. The summed E-state index contributed by atoms with van der Waals surface area (Å²) in [5, 5.41) is 8.67. The molecule has 1 rings (SSSR count). The van der Waals surface area contributed by atoms with Gasteiger partial charge in [-0.05, 0) is 41.0 Å². The summed E-state index contributed by atoms with van der Waals surface area (Å²) in [6, 6.07) is 0. The quantitative estimate of drug-likeness (QED) is 0.0477. The second-order valence-corrected chi connectivity index (χ2v) is 17.8. The summed E-state index contributed by atoms with van der Waals surface area (Å²) in [5.41, 5.74) is 0. The Labute approximate surface area is 359 Å². The van der Waals surface area contributed by atoms with Crippen molar-refractivity contribution >= 4 is 11.9 Å². The summed E-state index contributed by atoms with van der Waals surface area (Å²) >= 11 is 0. The van der Waals surface area contributed by atoms with E-state index in [4.69, 9.17) is 24.1 Å². The molecule has 1 saturated heterocycles. The van der Waals surface area contributed by atoms with E-state index in [2.05, 4.69) is 13.8 Å². The molecule has 0 aromatic carbocycles. The highest BCUT2D eigenvalue weighted by Gasteiger charge is 2.39. The molecular weight excluding hydrogens is 729 g/mol. The van der Waals surface area contributed by atoms with E-state index in [9.17, 15) is 9.59 Å². The third-order valence-electron chi connectivity index (χ3n) is 11.0. The number of unbranched alkanes of at least 4 members (excludes halogenated alkanes) is 30. The molecule has 1 fully saturated rings. The first kappa shape index (κ1) is 56.7. The summed E-state index contributed by atoms with van der Waals surface area (Å²) in [5.74, 6) is -0.659. The molecule has 1 N–H and O–H groups in total. The maximum Gasteiger partial charge on any atom is 0.322 e. The van der Waals surface area contributed by atoms with E-state index in [1.54, 1.807) is 9.80 Å². The molecule has 3 atom stereocenters. The summed E-state index contributed by atoms with van der Waals surface area (Å²) < 4.78 is 22.8. The number of ether oxygens (including phenoxy) is 4. The molecule has 1 aliphatic heterocycles. The van der Waals surface area contributed by atoms with Crippen molar-refractivity contribution in [3.05, 3.63) is 0 Å². The molecule has 0 spiro atoms. The van der Waals surface area contributed by atoms with Crippen LogP contribution in [0.5, 0.6) is 0 Å². The van der Waals surface area contributed by atoms with Gasteiger partial charge in [0.2, 0.25) is 6.29 Å². The van der Waals surface area contributed by atoms with Crippen molar-refractivity contribution in [3.63, 3.8) is 0 Å². The van der Waals surface area contributed by atoms with Crippen molar-refractivity contribution in [2.45, 2.75) is 244 Å². The number of carbonyl (C=O) groups is 2. The predicted octanol–water partition coefficient (Wildman–Crippen LogP) is 12.2. The van der Waals surface area contributed by atoms with Crippen LogP contribution in [0.3, 0.4) is 0 Å². The minimum Gasteiger partial charge on any atom is -0.462 e. The number of nitrogens with zero attached hydrogens (tertiary/aromatic N) is 2. The van der Waals surface area contributed by atoms with E-state index in [0.717, 1.165) is 19.3 Å². The maximum atomic E-state index is 12.2. The van der Waals surface area contributed by atoms with E-state index in [-0.39, 0.29) is 43.8 Å². The topological polar surface area (TPSA) is 97.8 Å². The largest absolute Gasteiger partial charge is 0.462 e.